The standard InChI is InChI=1S/C11H14BrNO3/c1-11(2,3)16-13-10(15)8-6-7(12)4-5-9(8)14/h4-6,14H,1-3H3,(H,13,15). The summed E-state index contributed by atoms with van der Waals surface area (Å²) in [6.07, 6.45) is 0. The first-order chi connectivity index (χ1) is 7.29. The zero-order valence-corrected chi connectivity index (χ0v) is 11.0. The molecule has 0 aliphatic rings. The number of carbonyl (C=O) groups is 1. The van der Waals surface area contributed by atoms with E-state index >= 15 is 0 Å². The molecule has 0 unspecified atom stereocenters. The number of phenolic OH excluding ortho intramolecular Hbond substituents is 1. The molecule has 16 heavy (non-hydrogen) atoms. The van der Waals surface area contributed by atoms with Gasteiger partial charge in [-0.15, -0.1) is 0 Å². The molecule has 0 saturated carbocycles. The summed E-state index contributed by atoms with van der Waals surface area (Å²) in [5.41, 5.74) is 1.98. The third kappa shape index (κ3) is 3.83. The fourth-order valence-electron chi connectivity index (χ4n) is 0.945. The minimum Gasteiger partial charge on any atom is -0.507 e. The zero-order valence-electron chi connectivity index (χ0n) is 9.37. The Morgan fingerprint density at radius 1 is 1.44 bits per heavy atom. The van der Waals surface area contributed by atoms with Crippen molar-refractivity contribution in [3.05, 3.63) is 28.2 Å². The van der Waals surface area contributed by atoms with E-state index in [9.17, 15) is 9.90 Å². The number of carbonyl (C=O) groups excluding carboxylic acids is 1. The monoisotopic (exact) mass is 287 g/mol. The molecule has 0 aliphatic carbocycles. The van der Waals surface area contributed by atoms with Crippen LogP contribution in [-0.2, 0) is 4.84 Å². The SMILES string of the molecule is CC(C)(C)ONC(=O)c1cc(Br)ccc1O. The van der Waals surface area contributed by atoms with E-state index in [0.29, 0.717) is 4.47 Å². The average Bonchev–Trinajstić information content (AvgIpc) is 2.17. The van der Waals surface area contributed by atoms with Gasteiger partial charge in [0.15, 0.2) is 0 Å². The van der Waals surface area contributed by atoms with Crippen molar-refractivity contribution in [2.45, 2.75) is 26.4 Å². The van der Waals surface area contributed by atoms with Crippen molar-refractivity contribution in [3.8, 4) is 5.75 Å². The topological polar surface area (TPSA) is 58.6 Å². The first-order valence-corrected chi connectivity index (χ1v) is 5.56. The number of aromatic hydroxyl groups is 1. The lowest BCUT2D eigenvalue weighted by atomic mass is 10.2. The van der Waals surface area contributed by atoms with Gasteiger partial charge in [-0.25, -0.2) is 5.48 Å². The maximum Gasteiger partial charge on any atom is 0.278 e. The van der Waals surface area contributed by atoms with Crippen molar-refractivity contribution >= 4 is 21.8 Å². The fourth-order valence-corrected chi connectivity index (χ4v) is 1.31. The number of phenols is 1. The number of amides is 1. The summed E-state index contributed by atoms with van der Waals surface area (Å²) < 4.78 is 0.714. The summed E-state index contributed by atoms with van der Waals surface area (Å²) in [7, 11) is 0. The van der Waals surface area contributed by atoms with Gasteiger partial charge in [0.25, 0.3) is 5.91 Å². The Morgan fingerprint density at radius 2 is 2.06 bits per heavy atom. The Hall–Kier alpha value is -1.07. The normalized spacial score (nSPS) is 11.2. The van der Waals surface area contributed by atoms with Gasteiger partial charge in [0.1, 0.15) is 5.75 Å². The van der Waals surface area contributed by atoms with Gasteiger partial charge in [0.2, 0.25) is 0 Å². The predicted molar refractivity (Wildman–Crippen MR) is 64.1 cm³/mol. The molecule has 0 radical (unpaired) electrons. The highest BCUT2D eigenvalue weighted by Gasteiger charge is 2.16. The van der Waals surface area contributed by atoms with E-state index in [1.54, 1.807) is 6.07 Å². The second kappa shape index (κ2) is 4.84. The largest absolute Gasteiger partial charge is 0.507 e. The lowest BCUT2D eigenvalue weighted by Crippen LogP contribution is -2.33. The van der Waals surface area contributed by atoms with Crippen LogP contribution in [0.3, 0.4) is 0 Å². The Morgan fingerprint density at radius 3 is 2.62 bits per heavy atom. The molecule has 1 aromatic carbocycles. The van der Waals surface area contributed by atoms with Crippen LogP contribution in [-0.4, -0.2) is 16.6 Å². The van der Waals surface area contributed by atoms with E-state index < -0.39 is 11.5 Å². The molecule has 1 amide bonds. The molecule has 2 N–H and O–H groups in total. The summed E-state index contributed by atoms with van der Waals surface area (Å²) in [4.78, 5) is 16.8. The van der Waals surface area contributed by atoms with Crippen LogP contribution in [0.1, 0.15) is 31.1 Å². The molecule has 88 valence electrons. The van der Waals surface area contributed by atoms with E-state index in [0.717, 1.165) is 0 Å². The van der Waals surface area contributed by atoms with Gasteiger partial charge in [-0.3, -0.25) is 9.63 Å². The summed E-state index contributed by atoms with van der Waals surface area (Å²) in [6.45, 7) is 5.44. The molecule has 0 saturated heterocycles. The molecular weight excluding hydrogens is 274 g/mol. The summed E-state index contributed by atoms with van der Waals surface area (Å²) >= 11 is 3.22. The number of benzene rings is 1. The molecule has 1 aromatic rings. The van der Waals surface area contributed by atoms with Crippen LogP contribution in [0.5, 0.6) is 5.75 Å². The summed E-state index contributed by atoms with van der Waals surface area (Å²) in [6, 6.07) is 4.61. The maximum atomic E-state index is 11.6. The van der Waals surface area contributed by atoms with Gasteiger partial charge in [-0.1, -0.05) is 15.9 Å². The van der Waals surface area contributed by atoms with E-state index in [-0.39, 0.29) is 11.3 Å². The smallest absolute Gasteiger partial charge is 0.278 e. The molecule has 0 aromatic heterocycles. The van der Waals surface area contributed by atoms with E-state index in [1.807, 2.05) is 20.8 Å². The fraction of sp³-hybridized carbons (Fsp3) is 0.364. The molecule has 5 heteroatoms. The average molecular weight is 288 g/mol. The van der Waals surface area contributed by atoms with Gasteiger partial charge in [-0.2, -0.15) is 0 Å². The van der Waals surface area contributed by atoms with Gasteiger partial charge < -0.3 is 5.11 Å². The summed E-state index contributed by atoms with van der Waals surface area (Å²) in [5, 5.41) is 9.50. The highest BCUT2D eigenvalue weighted by molar-refractivity contribution is 9.10. The van der Waals surface area contributed by atoms with Gasteiger partial charge in [-0.05, 0) is 39.0 Å². The molecule has 0 spiro atoms. The van der Waals surface area contributed by atoms with E-state index in [2.05, 4.69) is 21.4 Å². The molecule has 0 aliphatic heterocycles. The third-order valence-electron chi connectivity index (χ3n) is 1.65. The number of halogens is 1. The van der Waals surface area contributed by atoms with Gasteiger partial charge in [0.05, 0.1) is 11.2 Å². The van der Waals surface area contributed by atoms with Crippen LogP contribution in [0, 0.1) is 0 Å². The molecule has 0 atom stereocenters. The number of hydroxylamine groups is 1. The van der Waals surface area contributed by atoms with Crippen LogP contribution in [0.4, 0.5) is 0 Å². The number of hydrogen-bond donors (Lipinski definition) is 2. The lowest BCUT2D eigenvalue weighted by molar-refractivity contribution is -0.0590. The Labute approximate surface area is 103 Å². The van der Waals surface area contributed by atoms with Crippen LogP contribution >= 0.6 is 15.9 Å². The zero-order chi connectivity index (χ0) is 12.3. The molecular formula is C11H14BrNO3. The maximum absolute atomic E-state index is 11.6. The second-order valence-corrected chi connectivity index (χ2v) is 5.22. The Bertz CT molecular complexity index is 399. The van der Waals surface area contributed by atoms with Crippen LogP contribution in [0.25, 0.3) is 0 Å². The number of nitrogens with one attached hydrogen (secondary N) is 1. The van der Waals surface area contributed by atoms with Gasteiger partial charge in [0, 0.05) is 4.47 Å². The van der Waals surface area contributed by atoms with Crippen molar-refractivity contribution in [3.63, 3.8) is 0 Å². The van der Waals surface area contributed by atoms with Crippen LogP contribution < -0.4 is 5.48 Å². The molecule has 1 rings (SSSR count). The molecule has 0 heterocycles. The minimum atomic E-state index is -0.478. The van der Waals surface area contributed by atoms with Crippen molar-refractivity contribution in [1.82, 2.24) is 5.48 Å². The first-order valence-electron chi connectivity index (χ1n) is 4.76. The lowest BCUT2D eigenvalue weighted by Gasteiger charge is -2.19. The summed E-state index contributed by atoms with van der Waals surface area (Å²) in [5.74, 6) is -0.563. The molecule has 0 fully saturated rings. The van der Waals surface area contributed by atoms with Crippen molar-refractivity contribution in [2.75, 3.05) is 0 Å². The first kappa shape index (κ1) is 13.0. The van der Waals surface area contributed by atoms with Crippen LogP contribution in [0.2, 0.25) is 0 Å². The van der Waals surface area contributed by atoms with Crippen LogP contribution in [0.15, 0.2) is 22.7 Å². The van der Waals surface area contributed by atoms with Crippen molar-refractivity contribution in [1.29, 1.82) is 0 Å². The van der Waals surface area contributed by atoms with Crippen molar-refractivity contribution in [2.24, 2.45) is 0 Å². The number of rotatable bonds is 2. The second-order valence-electron chi connectivity index (χ2n) is 4.31. The van der Waals surface area contributed by atoms with E-state index in [4.69, 9.17) is 4.84 Å². The Balaban J connectivity index is 2.77. The third-order valence-corrected chi connectivity index (χ3v) is 2.15. The highest BCUT2D eigenvalue weighted by atomic mass is 79.9. The van der Waals surface area contributed by atoms with E-state index in [1.165, 1.54) is 12.1 Å². The highest BCUT2D eigenvalue weighted by Crippen LogP contribution is 2.21. The quantitative estimate of drug-likeness (QED) is 0.822. The minimum absolute atomic E-state index is 0.0850. The molecule has 0 bridgehead atoms. The predicted octanol–water partition coefficient (Wildman–Crippen LogP) is 2.61. The molecule has 4 nitrogen and oxygen atoms in total. The number of hydrogen-bond acceptors (Lipinski definition) is 3. The Kier molecular flexibility index (Phi) is 3.93. The van der Waals surface area contributed by atoms with Crippen molar-refractivity contribution < 1.29 is 14.7 Å². The van der Waals surface area contributed by atoms with Gasteiger partial charge >= 0.3 is 0 Å².